The molecule has 2 atom stereocenters. The lowest BCUT2D eigenvalue weighted by atomic mass is 9.83. The van der Waals surface area contributed by atoms with E-state index in [1.54, 1.807) is 54.6 Å². The Morgan fingerprint density at radius 1 is 1.14 bits per heavy atom. The number of ketones is 1. The molecule has 0 amide bonds. The topological polar surface area (TPSA) is 80.7 Å². The Labute approximate surface area is 171 Å². The van der Waals surface area contributed by atoms with Crippen LogP contribution in [0.15, 0.2) is 83.3 Å². The predicted molar refractivity (Wildman–Crippen MR) is 111 cm³/mol. The first-order chi connectivity index (χ1) is 13.7. The Morgan fingerprint density at radius 3 is 2.41 bits per heavy atom. The standard InChI is InChI=1S/C23H24O5S/c1-17-11-13-21(14-12-17)29(26,27)28-16-23(25,20-9-4-3-5-10-20)22(24)19-8-6-7-18(2)15-19/h3-6,8-15,18,25H,7,16H2,1-2H3. The summed E-state index contributed by atoms with van der Waals surface area (Å²) in [5.41, 5.74) is -0.611. The molecule has 0 saturated heterocycles. The third-order valence-electron chi connectivity index (χ3n) is 4.89. The van der Waals surface area contributed by atoms with E-state index < -0.39 is 28.1 Å². The lowest BCUT2D eigenvalue weighted by Crippen LogP contribution is -2.42. The number of hydrogen-bond acceptors (Lipinski definition) is 5. The van der Waals surface area contributed by atoms with Gasteiger partial charge in [-0.1, -0.05) is 73.2 Å². The molecule has 2 unspecified atom stereocenters. The van der Waals surface area contributed by atoms with Crippen molar-refractivity contribution < 1.29 is 22.5 Å². The van der Waals surface area contributed by atoms with Crippen molar-refractivity contribution in [1.82, 2.24) is 0 Å². The van der Waals surface area contributed by atoms with Crippen molar-refractivity contribution in [2.24, 2.45) is 5.92 Å². The van der Waals surface area contributed by atoms with Crippen LogP contribution in [0.4, 0.5) is 0 Å². The summed E-state index contributed by atoms with van der Waals surface area (Å²) in [6.45, 7) is 3.10. The normalized spacial score (nSPS) is 18.7. The summed E-state index contributed by atoms with van der Waals surface area (Å²) in [4.78, 5) is 13.2. The molecule has 0 spiro atoms. The molecule has 0 bridgehead atoms. The molecule has 2 aromatic rings. The lowest BCUT2D eigenvalue weighted by Gasteiger charge is -2.28. The van der Waals surface area contributed by atoms with Crippen LogP contribution in [0.1, 0.15) is 24.5 Å². The number of carbonyl (C=O) groups excluding carboxylic acids is 1. The van der Waals surface area contributed by atoms with Crippen molar-refractivity contribution in [2.45, 2.75) is 30.8 Å². The second kappa shape index (κ2) is 8.45. The molecule has 3 rings (SSSR count). The van der Waals surface area contributed by atoms with Crippen molar-refractivity contribution in [3.63, 3.8) is 0 Å². The van der Waals surface area contributed by atoms with Gasteiger partial charge in [-0.2, -0.15) is 8.42 Å². The minimum atomic E-state index is -4.14. The molecular formula is C23H24O5S. The molecule has 0 fully saturated rings. The van der Waals surface area contributed by atoms with Gasteiger partial charge in [-0.05, 0) is 37.0 Å². The van der Waals surface area contributed by atoms with Crippen LogP contribution in [0.2, 0.25) is 0 Å². The maximum atomic E-state index is 13.2. The summed E-state index contributed by atoms with van der Waals surface area (Å²) < 4.78 is 30.4. The third kappa shape index (κ3) is 4.72. The number of allylic oxidation sites excluding steroid dienone is 3. The number of aliphatic hydroxyl groups is 1. The van der Waals surface area contributed by atoms with Crippen LogP contribution < -0.4 is 0 Å². The molecule has 29 heavy (non-hydrogen) atoms. The Bertz CT molecular complexity index is 1040. The number of Topliss-reactive ketones (excluding diaryl/α,β-unsaturated/α-hetero) is 1. The Balaban J connectivity index is 1.93. The Morgan fingerprint density at radius 2 is 1.79 bits per heavy atom. The number of aryl methyl sites for hydroxylation is 1. The molecule has 0 saturated carbocycles. The highest BCUT2D eigenvalue weighted by Gasteiger charge is 2.41. The van der Waals surface area contributed by atoms with Crippen molar-refractivity contribution in [1.29, 1.82) is 0 Å². The summed E-state index contributed by atoms with van der Waals surface area (Å²) >= 11 is 0. The largest absolute Gasteiger partial charge is 0.375 e. The van der Waals surface area contributed by atoms with E-state index in [-0.39, 0.29) is 16.4 Å². The lowest BCUT2D eigenvalue weighted by molar-refractivity contribution is -0.137. The minimum Gasteiger partial charge on any atom is -0.375 e. The van der Waals surface area contributed by atoms with Crippen molar-refractivity contribution >= 4 is 15.9 Å². The van der Waals surface area contributed by atoms with Gasteiger partial charge < -0.3 is 5.11 Å². The first kappa shape index (κ1) is 21.2. The summed E-state index contributed by atoms with van der Waals surface area (Å²) in [7, 11) is -4.14. The van der Waals surface area contributed by atoms with Gasteiger partial charge in [0.1, 0.15) is 6.61 Å². The van der Waals surface area contributed by atoms with E-state index >= 15 is 0 Å². The molecule has 1 N–H and O–H groups in total. The molecule has 6 heteroatoms. The molecule has 1 aliphatic carbocycles. The average Bonchev–Trinajstić information content (AvgIpc) is 2.72. The van der Waals surface area contributed by atoms with Gasteiger partial charge in [0.15, 0.2) is 5.60 Å². The molecule has 0 heterocycles. The van der Waals surface area contributed by atoms with Crippen LogP contribution >= 0.6 is 0 Å². The van der Waals surface area contributed by atoms with Crippen LogP contribution in [-0.4, -0.2) is 25.9 Å². The van der Waals surface area contributed by atoms with Gasteiger partial charge in [0.25, 0.3) is 10.1 Å². The number of benzene rings is 2. The van der Waals surface area contributed by atoms with Gasteiger partial charge in [0.05, 0.1) is 4.90 Å². The van der Waals surface area contributed by atoms with Gasteiger partial charge in [0.2, 0.25) is 5.78 Å². The molecule has 2 aromatic carbocycles. The summed E-state index contributed by atoms with van der Waals surface area (Å²) in [5.74, 6) is -0.443. The third-order valence-corrected chi connectivity index (χ3v) is 6.17. The van der Waals surface area contributed by atoms with Crippen LogP contribution in [0.3, 0.4) is 0 Å². The highest BCUT2D eigenvalue weighted by Crippen LogP contribution is 2.30. The highest BCUT2D eigenvalue weighted by molar-refractivity contribution is 7.86. The van der Waals surface area contributed by atoms with E-state index in [4.69, 9.17) is 4.18 Å². The number of hydrogen-bond donors (Lipinski definition) is 1. The Hall–Kier alpha value is -2.54. The predicted octanol–water partition coefficient (Wildman–Crippen LogP) is 3.68. The Kier molecular flexibility index (Phi) is 6.17. The first-order valence-electron chi connectivity index (χ1n) is 9.39. The summed E-state index contributed by atoms with van der Waals surface area (Å²) in [6, 6.07) is 14.4. The van der Waals surface area contributed by atoms with E-state index in [0.717, 1.165) is 12.0 Å². The van der Waals surface area contributed by atoms with E-state index in [1.807, 2.05) is 19.9 Å². The highest BCUT2D eigenvalue weighted by atomic mass is 32.2. The monoisotopic (exact) mass is 412 g/mol. The van der Waals surface area contributed by atoms with Gasteiger partial charge in [0, 0.05) is 5.57 Å². The quantitative estimate of drug-likeness (QED) is 0.702. The van der Waals surface area contributed by atoms with Gasteiger partial charge in [-0.3, -0.25) is 8.98 Å². The number of carbonyl (C=O) groups is 1. The molecule has 1 aliphatic rings. The van der Waals surface area contributed by atoms with Crippen molar-refractivity contribution in [3.8, 4) is 0 Å². The molecule has 0 radical (unpaired) electrons. The first-order valence-corrected chi connectivity index (χ1v) is 10.8. The summed E-state index contributed by atoms with van der Waals surface area (Å²) in [6.07, 6.45) is 6.11. The minimum absolute atomic E-state index is 0.0311. The SMILES string of the molecule is Cc1ccc(S(=O)(=O)OCC(O)(C(=O)C2=CC(C)CC=C2)c2ccccc2)cc1. The van der Waals surface area contributed by atoms with E-state index in [1.165, 1.54) is 12.1 Å². The molecule has 152 valence electrons. The van der Waals surface area contributed by atoms with E-state index in [2.05, 4.69) is 0 Å². The molecule has 0 aromatic heterocycles. The van der Waals surface area contributed by atoms with Crippen LogP contribution in [0, 0.1) is 12.8 Å². The summed E-state index contributed by atoms with van der Waals surface area (Å²) in [5, 5.41) is 11.3. The zero-order valence-electron chi connectivity index (χ0n) is 16.4. The fourth-order valence-corrected chi connectivity index (χ4v) is 4.09. The van der Waals surface area contributed by atoms with Gasteiger partial charge >= 0.3 is 0 Å². The zero-order valence-corrected chi connectivity index (χ0v) is 17.2. The van der Waals surface area contributed by atoms with Gasteiger partial charge in [-0.15, -0.1) is 0 Å². The van der Waals surface area contributed by atoms with Gasteiger partial charge in [-0.25, -0.2) is 0 Å². The fraction of sp³-hybridized carbons (Fsp3) is 0.261. The van der Waals surface area contributed by atoms with E-state index in [9.17, 15) is 18.3 Å². The second-order valence-electron chi connectivity index (χ2n) is 7.32. The fourth-order valence-electron chi connectivity index (χ4n) is 3.16. The van der Waals surface area contributed by atoms with Crippen LogP contribution in [-0.2, 0) is 24.7 Å². The number of rotatable bonds is 7. The average molecular weight is 413 g/mol. The van der Waals surface area contributed by atoms with E-state index in [0.29, 0.717) is 5.57 Å². The van der Waals surface area contributed by atoms with Crippen LogP contribution in [0.5, 0.6) is 0 Å². The molecular weight excluding hydrogens is 388 g/mol. The van der Waals surface area contributed by atoms with Crippen LogP contribution in [0.25, 0.3) is 0 Å². The molecule has 5 nitrogen and oxygen atoms in total. The maximum Gasteiger partial charge on any atom is 0.297 e. The smallest absolute Gasteiger partial charge is 0.297 e. The van der Waals surface area contributed by atoms with Crippen molar-refractivity contribution in [2.75, 3.05) is 6.61 Å². The molecule has 0 aliphatic heterocycles. The van der Waals surface area contributed by atoms with Crippen molar-refractivity contribution in [3.05, 3.63) is 89.5 Å². The maximum absolute atomic E-state index is 13.2. The second-order valence-corrected chi connectivity index (χ2v) is 8.94. The zero-order chi connectivity index (χ0) is 21.1.